The molecule has 1 fully saturated rings. The van der Waals surface area contributed by atoms with E-state index in [1.165, 1.54) is 32.1 Å². The summed E-state index contributed by atoms with van der Waals surface area (Å²) in [6.45, 7) is 0. The normalized spacial score (nSPS) is 25.2. The van der Waals surface area contributed by atoms with Gasteiger partial charge in [-0.25, -0.2) is 4.79 Å². The summed E-state index contributed by atoms with van der Waals surface area (Å²) < 4.78 is 5.58. The Hall–Kier alpha value is -0.960. The van der Waals surface area contributed by atoms with Crippen LogP contribution in [0, 0.1) is 5.92 Å². The molecule has 2 nitrogen and oxygen atoms in total. The van der Waals surface area contributed by atoms with Crippen molar-refractivity contribution >= 4 is 17.7 Å². The zero-order chi connectivity index (χ0) is 11.7. The average Bonchev–Trinajstić information content (AvgIpc) is 2.40. The molecule has 0 spiro atoms. The molecule has 90 valence electrons. The van der Waals surface area contributed by atoms with Gasteiger partial charge >= 0.3 is 5.97 Å². The van der Waals surface area contributed by atoms with E-state index in [1.807, 2.05) is 24.3 Å². The number of carbonyl (C=O) groups excluding carboxylic acids is 1. The quantitative estimate of drug-likeness (QED) is 0.706. The third-order valence-corrected chi connectivity index (χ3v) is 4.93. The fourth-order valence-electron chi connectivity index (χ4n) is 2.66. The molecule has 1 atom stereocenters. The Kier molecular flexibility index (Phi) is 3.10. The Morgan fingerprint density at radius 1 is 1.12 bits per heavy atom. The minimum absolute atomic E-state index is 0.0395. The van der Waals surface area contributed by atoms with Crippen molar-refractivity contribution in [3.05, 3.63) is 29.8 Å². The molecule has 0 amide bonds. The van der Waals surface area contributed by atoms with Gasteiger partial charge in [-0.05, 0) is 25.0 Å². The van der Waals surface area contributed by atoms with Crippen molar-refractivity contribution in [3.8, 4) is 0 Å². The molecule has 1 aliphatic carbocycles. The summed E-state index contributed by atoms with van der Waals surface area (Å²) >= 11 is 1.72. The summed E-state index contributed by atoms with van der Waals surface area (Å²) in [6, 6.07) is 7.75. The second-order valence-corrected chi connectivity index (χ2v) is 5.93. The molecule has 0 bridgehead atoms. The van der Waals surface area contributed by atoms with Gasteiger partial charge in [0.15, 0.2) is 5.44 Å². The summed E-state index contributed by atoms with van der Waals surface area (Å²) in [7, 11) is 0. The van der Waals surface area contributed by atoms with Crippen molar-refractivity contribution < 1.29 is 9.53 Å². The van der Waals surface area contributed by atoms with E-state index in [-0.39, 0.29) is 11.4 Å². The lowest BCUT2D eigenvalue weighted by molar-refractivity contribution is 0.0311. The maximum atomic E-state index is 11.9. The van der Waals surface area contributed by atoms with Gasteiger partial charge in [0.1, 0.15) is 0 Å². The van der Waals surface area contributed by atoms with Gasteiger partial charge in [0.25, 0.3) is 0 Å². The predicted octanol–water partition coefficient (Wildman–Crippen LogP) is 3.86. The van der Waals surface area contributed by atoms with E-state index in [9.17, 15) is 4.79 Å². The van der Waals surface area contributed by atoms with E-state index in [1.54, 1.807) is 11.8 Å². The van der Waals surface area contributed by atoms with Gasteiger partial charge in [-0.1, -0.05) is 43.2 Å². The monoisotopic (exact) mass is 248 g/mol. The molecule has 2 aliphatic rings. The molecule has 3 heteroatoms. The highest BCUT2D eigenvalue weighted by Gasteiger charge is 2.33. The van der Waals surface area contributed by atoms with Crippen molar-refractivity contribution in [1.82, 2.24) is 0 Å². The number of ether oxygens (including phenoxy) is 1. The fourth-order valence-corrected chi connectivity index (χ4v) is 3.94. The van der Waals surface area contributed by atoms with Crippen LogP contribution in [0.2, 0.25) is 0 Å². The summed E-state index contributed by atoms with van der Waals surface area (Å²) in [5.74, 6) is 0.404. The number of hydrogen-bond donors (Lipinski definition) is 0. The zero-order valence-electron chi connectivity index (χ0n) is 9.72. The van der Waals surface area contributed by atoms with E-state index in [2.05, 4.69) is 0 Å². The molecule has 17 heavy (non-hydrogen) atoms. The second-order valence-electron chi connectivity index (χ2n) is 4.79. The SMILES string of the molecule is O=C1OC(C2CCCCC2)Sc2ccccc21. The predicted molar refractivity (Wildman–Crippen MR) is 68.1 cm³/mol. The van der Waals surface area contributed by atoms with Crippen LogP contribution in [0.4, 0.5) is 0 Å². The van der Waals surface area contributed by atoms with E-state index < -0.39 is 0 Å². The van der Waals surface area contributed by atoms with Crippen molar-refractivity contribution in [2.75, 3.05) is 0 Å². The zero-order valence-corrected chi connectivity index (χ0v) is 10.5. The van der Waals surface area contributed by atoms with E-state index in [4.69, 9.17) is 4.74 Å². The molecular weight excluding hydrogens is 232 g/mol. The summed E-state index contributed by atoms with van der Waals surface area (Å²) in [4.78, 5) is 13.0. The molecule has 1 aromatic carbocycles. The van der Waals surface area contributed by atoms with E-state index in [0.717, 1.165) is 10.5 Å². The number of rotatable bonds is 1. The number of esters is 1. The average molecular weight is 248 g/mol. The lowest BCUT2D eigenvalue weighted by Gasteiger charge is -2.32. The van der Waals surface area contributed by atoms with Gasteiger partial charge in [-0.15, -0.1) is 0 Å². The van der Waals surface area contributed by atoms with Crippen LogP contribution in [0.1, 0.15) is 42.5 Å². The van der Waals surface area contributed by atoms with Crippen LogP contribution in [-0.2, 0) is 4.74 Å². The molecule has 0 aromatic heterocycles. The van der Waals surface area contributed by atoms with Crippen molar-refractivity contribution in [2.45, 2.75) is 42.4 Å². The van der Waals surface area contributed by atoms with Gasteiger partial charge in [0.05, 0.1) is 5.56 Å². The Bertz CT molecular complexity index is 424. The second kappa shape index (κ2) is 4.73. The van der Waals surface area contributed by atoms with Crippen LogP contribution in [0.15, 0.2) is 29.2 Å². The van der Waals surface area contributed by atoms with Crippen molar-refractivity contribution in [2.24, 2.45) is 5.92 Å². The van der Waals surface area contributed by atoms with Crippen LogP contribution in [0.25, 0.3) is 0 Å². The lowest BCUT2D eigenvalue weighted by Crippen LogP contribution is -2.29. The Labute approximate surface area is 106 Å². The van der Waals surface area contributed by atoms with E-state index in [0.29, 0.717) is 5.92 Å². The first kappa shape index (κ1) is 11.1. The third kappa shape index (κ3) is 2.21. The lowest BCUT2D eigenvalue weighted by atomic mass is 9.90. The highest BCUT2D eigenvalue weighted by atomic mass is 32.2. The first-order valence-electron chi connectivity index (χ1n) is 6.31. The molecule has 1 aliphatic heterocycles. The molecule has 0 saturated heterocycles. The first-order valence-corrected chi connectivity index (χ1v) is 7.19. The van der Waals surface area contributed by atoms with Gasteiger partial charge in [0, 0.05) is 10.8 Å². The van der Waals surface area contributed by atoms with Crippen LogP contribution in [0.3, 0.4) is 0 Å². The maximum absolute atomic E-state index is 11.9. The largest absolute Gasteiger partial charge is 0.447 e. The molecule has 0 radical (unpaired) electrons. The Morgan fingerprint density at radius 3 is 2.71 bits per heavy atom. The van der Waals surface area contributed by atoms with E-state index >= 15 is 0 Å². The summed E-state index contributed by atoms with van der Waals surface area (Å²) in [6.07, 6.45) is 6.29. The Morgan fingerprint density at radius 2 is 1.88 bits per heavy atom. The third-order valence-electron chi connectivity index (χ3n) is 3.61. The minimum atomic E-state index is -0.144. The number of thioether (sulfide) groups is 1. The molecular formula is C14H16O2S. The number of cyclic esters (lactones) is 1. The smallest absolute Gasteiger partial charge is 0.340 e. The van der Waals surface area contributed by atoms with Crippen LogP contribution < -0.4 is 0 Å². The van der Waals surface area contributed by atoms with Gasteiger partial charge in [0.2, 0.25) is 0 Å². The van der Waals surface area contributed by atoms with Gasteiger partial charge in [-0.2, -0.15) is 0 Å². The Balaban J connectivity index is 1.80. The van der Waals surface area contributed by atoms with Gasteiger partial charge in [-0.3, -0.25) is 0 Å². The molecule has 0 N–H and O–H groups in total. The first-order chi connectivity index (χ1) is 8.34. The molecule has 1 unspecified atom stereocenters. The van der Waals surface area contributed by atoms with Crippen LogP contribution in [0.5, 0.6) is 0 Å². The summed E-state index contributed by atoms with van der Waals surface area (Å²) in [5, 5.41) is 0. The number of hydrogen-bond acceptors (Lipinski definition) is 3. The maximum Gasteiger partial charge on any atom is 0.340 e. The van der Waals surface area contributed by atoms with Gasteiger partial charge < -0.3 is 4.74 Å². The van der Waals surface area contributed by atoms with Crippen LogP contribution in [-0.4, -0.2) is 11.4 Å². The molecule has 3 rings (SSSR count). The number of benzene rings is 1. The van der Waals surface area contributed by atoms with Crippen LogP contribution >= 0.6 is 11.8 Å². The standard InChI is InChI=1S/C14H16O2S/c15-13-11-8-4-5-9-12(11)17-14(16-13)10-6-2-1-3-7-10/h4-5,8-10,14H,1-3,6-7H2. The van der Waals surface area contributed by atoms with Crippen molar-refractivity contribution in [1.29, 1.82) is 0 Å². The number of fused-ring (bicyclic) bond motifs is 1. The summed E-state index contributed by atoms with van der Waals surface area (Å²) in [5.41, 5.74) is 0.766. The molecule has 1 aromatic rings. The minimum Gasteiger partial charge on any atom is -0.447 e. The highest BCUT2D eigenvalue weighted by molar-refractivity contribution is 8.00. The number of carbonyl (C=O) groups is 1. The van der Waals surface area contributed by atoms with Crippen molar-refractivity contribution in [3.63, 3.8) is 0 Å². The highest BCUT2D eigenvalue weighted by Crippen LogP contribution is 2.41. The topological polar surface area (TPSA) is 26.3 Å². The molecule has 1 saturated carbocycles. The fraction of sp³-hybridized carbons (Fsp3) is 0.500. The molecule has 1 heterocycles.